The summed E-state index contributed by atoms with van der Waals surface area (Å²) in [4.78, 5) is 31.8. The van der Waals surface area contributed by atoms with Gasteiger partial charge in [-0.25, -0.2) is 14.8 Å². The second-order valence-corrected chi connectivity index (χ2v) is 6.66. The van der Waals surface area contributed by atoms with Crippen LogP contribution in [0.2, 0.25) is 0 Å². The molecule has 11 nitrogen and oxygen atoms in total. The summed E-state index contributed by atoms with van der Waals surface area (Å²) in [5.41, 5.74) is 6.02. The summed E-state index contributed by atoms with van der Waals surface area (Å²) in [5.74, 6) is -0.132. The topological polar surface area (TPSA) is 161 Å². The molecule has 12 heteroatoms. The number of nitrogens with zero attached hydrogens (tertiary/aromatic N) is 2. The SMILES string of the molecule is COc1cc(NC(=O)CSC2Nc3ncnc(N)c3N2)c(C(=O)O)cc1OC. The zero-order valence-corrected chi connectivity index (χ0v) is 15.8. The van der Waals surface area contributed by atoms with Crippen molar-refractivity contribution in [3.8, 4) is 11.5 Å². The summed E-state index contributed by atoms with van der Waals surface area (Å²) in [6.07, 6.45) is 1.34. The van der Waals surface area contributed by atoms with Crippen LogP contribution in [0.3, 0.4) is 0 Å². The van der Waals surface area contributed by atoms with Gasteiger partial charge in [-0.2, -0.15) is 0 Å². The average Bonchev–Trinajstić information content (AvgIpc) is 3.10. The Morgan fingerprint density at radius 1 is 1.25 bits per heavy atom. The van der Waals surface area contributed by atoms with Crippen molar-refractivity contribution in [2.45, 2.75) is 5.50 Å². The second kappa shape index (κ2) is 8.08. The molecule has 0 bridgehead atoms. The summed E-state index contributed by atoms with van der Waals surface area (Å²) < 4.78 is 10.3. The Labute approximate surface area is 164 Å². The zero-order valence-electron chi connectivity index (χ0n) is 15.0. The van der Waals surface area contributed by atoms with Crippen LogP contribution < -0.4 is 31.2 Å². The van der Waals surface area contributed by atoms with Crippen LogP contribution in [0, 0.1) is 0 Å². The number of anilines is 4. The molecule has 2 heterocycles. The summed E-state index contributed by atoms with van der Waals surface area (Å²) in [5, 5.41) is 18.1. The molecule has 1 atom stereocenters. The summed E-state index contributed by atoms with van der Waals surface area (Å²) in [7, 11) is 2.82. The van der Waals surface area contributed by atoms with Crippen molar-refractivity contribution in [1.29, 1.82) is 0 Å². The van der Waals surface area contributed by atoms with E-state index in [9.17, 15) is 14.7 Å². The van der Waals surface area contributed by atoms with E-state index < -0.39 is 11.9 Å². The highest BCUT2D eigenvalue weighted by molar-refractivity contribution is 8.00. The van der Waals surface area contributed by atoms with E-state index in [1.807, 2.05) is 0 Å². The number of benzene rings is 1. The van der Waals surface area contributed by atoms with Gasteiger partial charge < -0.3 is 36.3 Å². The van der Waals surface area contributed by atoms with Crippen molar-refractivity contribution < 1.29 is 24.2 Å². The number of carboxylic acids is 1. The molecule has 1 aromatic carbocycles. The van der Waals surface area contributed by atoms with Gasteiger partial charge in [0.05, 0.1) is 31.2 Å². The fourth-order valence-corrected chi connectivity index (χ4v) is 3.32. The molecule has 1 aromatic heterocycles. The zero-order chi connectivity index (χ0) is 20.3. The van der Waals surface area contributed by atoms with Crippen LogP contribution in [0.15, 0.2) is 18.5 Å². The first-order valence-electron chi connectivity index (χ1n) is 7.97. The van der Waals surface area contributed by atoms with E-state index in [1.54, 1.807) is 0 Å². The molecule has 0 aliphatic carbocycles. The fraction of sp³-hybridized carbons (Fsp3) is 0.250. The lowest BCUT2D eigenvalue weighted by atomic mass is 10.1. The van der Waals surface area contributed by atoms with E-state index in [-0.39, 0.29) is 28.3 Å². The van der Waals surface area contributed by atoms with Gasteiger partial charge in [-0.3, -0.25) is 4.79 Å². The molecule has 28 heavy (non-hydrogen) atoms. The number of methoxy groups -OCH3 is 2. The van der Waals surface area contributed by atoms with E-state index in [2.05, 4.69) is 25.9 Å². The number of nitrogen functional groups attached to an aromatic ring is 1. The summed E-state index contributed by atoms with van der Waals surface area (Å²) >= 11 is 1.25. The standard InChI is InChI=1S/C16H18N6O5S/c1-26-9-3-7(15(24)25)8(4-10(9)27-2)20-11(23)5-28-16-21-12-13(17)18-6-19-14(12)22-16/h3-4,6,16,21H,5H2,1-2H3,(H,20,23)(H,24,25)(H3,17,18,19,22). The maximum absolute atomic E-state index is 12.3. The van der Waals surface area contributed by atoms with Gasteiger partial charge in [-0.05, 0) is 0 Å². The monoisotopic (exact) mass is 406 g/mol. The van der Waals surface area contributed by atoms with Crippen molar-refractivity contribution in [2.75, 3.05) is 41.7 Å². The Hall–Kier alpha value is -3.41. The van der Waals surface area contributed by atoms with E-state index >= 15 is 0 Å². The van der Waals surface area contributed by atoms with Gasteiger partial charge in [0.15, 0.2) is 23.1 Å². The van der Waals surface area contributed by atoms with E-state index in [1.165, 1.54) is 44.4 Å². The minimum Gasteiger partial charge on any atom is -0.493 e. The molecule has 148 valence electrons. The number of carbonyl (C=O) groups is 2. The Kier molecular flexibility index (Phi) is 5.59. The molecule has 1 aliphatic heterocycles. The van der Waals surface area contributed by atoms with Gasteiger partial charge in [0.2, 0.25) is 5.91 Å². The lowest BCUT2D eigenvalue weighted by Gasteiger charge is -2.15. The second-order valence-electron chi connectivity index (χ2n) is 5.57. The number of hydrogen-bond donors (Lipinski definition) is 5. The molecular formula is C16H18N6O5S. The van der Waals surface area contributed by atoms with Gasteiger partial charge in [-0.1, -0.05) is 0 Å². The lowest BCUT2D eigenvalue weighted by molar-refractivity contribution is -0.113. The number of aromatic nitrogens is 2. The third kappa shape index (κ3) is 3.96. The Balaban J connectivity index is 1.65. The Morgan fingerprint density at radius 3 is 2.61 bits per heavy atom. The van der Waals surface area contributed by atoms with E-state index in [0.717, 1.165) is 0 Å². The molecule has 0 saturated heterocycles. The highest BCUT2D eigenvalue weighted by Crippen LogP contribution is 2.35. The largest absolute Gasteiger partial charge is 0.493 e. The smallest absolute Gasteiger partial charge is 0.337 e. The average molecular weight is 406 g/mol. The van der Waals surface area contributed by atoms with Gasteiger partial charge in [-0.15, -0.1) is 11.8 Å². The maximum Gasteiger partial charge on any atom is 0.337 e. The molecule has 0 saturated carbocycles. The van der Waals surface area contributed by atoms with Gasteiger partial charge in [0.1, 0.15) is 17.5 Å². The molecule has 0 spiro atoms. The fourth-order valence-electron chi connectivity index (χ4n) is 2.53. The first-order valence-corrected chi connectivity index (χ1v) is 9.02. The Bertz CT molecular complexity index is 925. The third-order valence-electron chi connectivity index (χ3n) is 3.83. The Morgan fingerprint density at radius 2 is 1.96 bits per heavy atom. The van der Waals surface area contributed by atoms with Gasteiger partial charge in [0, 0.05) is 12.1 Å². The van der Waals surface area contributed by atoms with Crippen LogP contribution in [-0.4, -0.2) is 52.4 Å². The molecule has 1 amide bonds. The normalized spacial score (nSPS) is 14.4. The number of aromatic carboxylic acids is 1. The molecule has 1 unspecified atom stereocenters. The predicted molar refractivity (Wildman–Crippen MR) is 105 cm³/mol. The van der Waals surface area contributed by atoms with E-state index in [0.29, 0.717) is 23.1 Å². The number of carboxylic acid groups (broad SMARTS) is 1. The number of hydrogen-bond acceptors (Lipinski definition) is 10. The van der Waals surface area contributed by atoms with Gasteiger partial charge >= 0.3 is 5.97 Å². The number of fused-ring (bicyclic) bond motifs is 1. The third-order valence-corrected chi connectivity index (χ3v) is 4.83. The van der Waals surface area contributed by atoms with Crippen molar-refractivity contribution in [3.05, 3.63) is 24.0 Å². The maximum atomic E-state index is 12.3. The highest BCUT2D eigenvalue weighted by Gasteiger charge is 2.25. The number of nitrogens with one attached hydrogen (secondary N) is 3. The molecular weight excluding hydrogens is 388 g/mol. The van der Waals surface area contributed by atoms with Crippen LogP contribution in [-0.2, 0) is 4.79 Å². The number of thioether (sulfide) groups is 1. The number of ether oxygens (including phenoxy) is 2. The molecule has 1 aliphatic rings. The van der Waals surface area contributed by atoms with Crippen molar-refractivity contribution >= 4 is 46.6 Å². The minimum atomic E-state index is -1.20. The minimum absolute atomic E-state index is 0.0411. The number of amides is 1. The summed E-state index contributed by atoms with van der Waals surface area (Å²) in [6.45, 7) is 0. The molecule has 0 fully saturated rings. The molecule has 2 aromatic rings. The number of rotatable bonds is 7. The molecule has 6 N–H and O–H groups in total. The van der Waals surface area contributed by atoms with Crippen LogP contribution in [0.1, 0.15) is 10.4 Å². The van der Waals surface area contributed by atoms with Crippen LogP contribution in [0.4, 0.5) is 23.0 Å². The van der Waals surface area contributed by atoms with Crippen LogP contribution >= 0.6 is 11.8 Å². The van der Waals surface area contributed by atoms with Crippen LogP contribution in [0.25, 0.3) is 0 Å². The predicted octanol–water partition coefficient (Wildman–Crippen LogP) is 1.27. The first-order chi connectivity index (χ1) is 13.4. The number of nitrogens with two attached hydrogens (primary N) is 1. The van der Waals surface area contributed by atoms with E-state index in [4.69, 9.17) is 15.2 Å². The first kappa shape index (κ1) is 19.4. The van der Waals surface area contributed by atoms with Gasteiger partial charge in [0.25, 0.3) is 0 Å². The van der Waals surface area contributed by atoms with Crippen LogP contribution in [0.5, 0.6) is 11.5 Å². The lowest BCUT2D eigenvalue weighted by Crippen LogP contribution is -2.23. The highest BCUT2D eigenvalue weighted by atomic mass is 32.2. The number of carbonyl (C=O) groups excluding carboxylic acids is 1. The summed E-state index contributed by atoms with van der Waals surface area (Å²) in [6, 6.07) is 2.70. The molecule has 3 rings (SSSR count). The van der Waals surface area contributed by atoms with Crippen molar-refractivity contribution in [1.82, 2.24) is 9.97 Å². The van der Waals surface area contributed by atoms with Crippen molar-refractivity contribution in [2.24, 2.45) is 0 Å². The van der Waals surface area contributed by atoms with Crippen molar-refractivity contribution in [3.63, 3.8) is 0 Å². The quantitative estimate of drug-likeness (QED) is 0.450. The molecule has 0 radical (unpaired) electrons.